The van der Waals surface area contributed by atoms with Crippen molar-refractivity contribution < 1.29 is 4.79 Å². The summed E-state index contributed by atoms with van der Waals surface area (Å²) in [6.45, 7) is 0.503. The van der Waals surface area contributed by atoms with Crippen molar-refractivity contribution >= 4 is 34.2 Å². The highest BCUT2D eigenvalue weighted by Crippen LogP contribution is 2.32. The van der Waals surface area contributed by atoms with Crippen LogP contribution >= 0.6 is 28.3 Å². The van der Waals surface area contributed by atoms with Crippen LogP contribution in [0.25, 0.3) is 0 Å². The van der Waals surface area contributed by atoms with Crippen LogP contribution in [0.1, 0.15) is 18.5 Å². The summed E-state index contributed by atoms with van der Waals surface area (Å²) in [7, 11) is 0. The third-order valence-electron chi connectivity index (χ3n) is 2.39. The van der Waals surface area contributed by atoms with Crippen molar-refractivity contribution in [1.29, 1.82) is 0 Å². The van der Waals surface area contributed by atoms with Gasteiger partial charge in [-0.1, -0.05) is 0 Å². The smallest absolute Gasteiger partial charge is 0.240 e. The molecule has 0 unspecified atom stereocenters. The Bertz CT molecular complexity index is 362. The third-order valence-corrected chi connectivity index (χ3v) is 2.85. The molecule has 1 saturated carbocycles. The maximum absolute atomic E-state index is 11.4. The van der Waals surface area contributed by atoms with E-state index in [9.17, 15) is 4.79 Å². The first-order valence-electron chi connectivity index (χ1n) is 4.50. The fourth-order valence-electron chi connectivity index (χ4n) is 1.23. The summed E-state index contributed by atoms with van der Waals surface area (Å²) in [5.74, 6) is -0.0526. The number of amides is 1. The summed E-state index contributed by atoms with van der Waals surface area (Å²) >= 11 is 3.32. The molecule has 15 heavy (non-hydrogen) atoms. The quantitative estimate of drug-likeness (QED) is 0.786. The zero-order valence-corrected chi connectivity index (χ0v) is 10.5. The second kappa shape index (κ2) is 4.55. The second-order valence-corrected chi connectivity index (χ2v) is 4.60. The van der Waals surface area contributed by atoms with E-state index < -0.39 is 5.54 Å². The predicted octanol–water partition coefficient (Wildman–Crippen LogP) is 1.31. The molecule has 4 nitrogen and oxygen atoms in total. The van der Waals surface area contributed by atoms with Gasteiger partial charge in [0.05, 0.1) is 12.1 Å². The van der Waals surface area contributed by atoms with Gasteiger partial charge in [-0.2, -0.15) is 0 Å². The summed E-state index contributed by atoms with van der Waals surface area (Å²) in [5, 5.41) is 2.80. The summed E-state index contributed by atoms with van der Waals surface area (Å²) in [5.41, 5.74) is 6.12. The molecule has 0 saturated heterocycles. The maximum atomic E-state index is 11.4. The number of aromatic amines is 1. The van der Waals surface area contributed by atoms with Gasteiger partial charge in [0.25, 0.3) is 0 Å². The molecule has 1 aromatic heterocycles. The minimum atomic E-state index is -0.580. The number of halogens is 2. The van der Waals surface area contributed by atoms with E-state index in [1.807, 2.05) is 12.3 Å². The van der Waals surface area contributed by atoms with Crippen molar-refractivity contribution in [2.45, 2.75) is 24.9 Å². The summed E-state index contributed by atoms with van der Waals surface area (Å²) in [4.78, 5) is 14.5. The zero-order chi connectivity index (χ0) is 10.2. The molecular formula is C9H13BrClN3O. The Morgan fingerprint density at radius 1 is 1.67 bits per heavy atom. The molecule has 0 aromatic carbocycles. The number of aromatic nitrogens is 1. The van der Waals surface area contributed by atoms with Crippen molar-refractivity contribution in [2.75, 3.05) is 0 Å². The van der Waals surface area contributed by atoms with Crippen LogP contribution < -0.4 is 11.1 Å². The highest BCUT2D eigenvalue weighted by molar-refractivity contribution is 9.10. The molecular weight excluding hydrogens is 281 g/mol. The van der Waals surface area contributed by atoms with Crippen molar-refractivity contribution in [1.82, 2.24) is 10.3 Å². The SMILES string of the molecule is Cl.NC1(C(=O)NCc2cc(Br)c[nH]2)CC1. The van der Waals surface area contributed by atoms with E-state index >= 15 is 0 Å². The Balaban J connectivity index is 0.00000112. The van der Waals surface area contributed by atoms with E-state index in [0.717, 1.165) is 23.0 Å². The van der Waals surface area contributed by atoms with Crippen molar-refractivity contribution in [3.8, 4) is 0 Å². The number of rotatable bonds is 3. The molecule has 1 aliphatic carbocycles. The van der Waals surface area contributed by atoms with Crippen LogP contribution in [-0.2, 0) is 11.3 Å². The van der Waals surface area contributed by atoms with E-state index in [1.165, 1.54) is 0 Å². The maximum Gasteiger partial charge on any atom is 0.240 e. The topological polar surface area (TPSA) is 70.9 Å². The van der Waals surface area contributed by atoms with Crippen LogP contribution in [0, 0.1) is 0 Å². The van der Waals surface area contributed by atoms with Gasteiger partial charge in [-0.15, -0.1) is 12.4 Å². The molecule has 84 valence electrons. The number of carbonyl (C=O) groups excluding carboxylic acids is 1. The van der Waals surface area contributed by atoms with Crippen LogP contribution in [0.2, 0.25) is 0 Å². The lowest BCUT2D eigenvalue weighted by Gasteiger charge is -2.08. The standard InChI is InChI=1S/C9H12BrN3O.ClH/c10-6-3-7(12-4-6)5-13-8(14)9(11)1-2-9;/h3-4,12H,1-2,5,11H2,(H,13,14);1H. The fraction of sp³-hybridized carbons (Fsp3) is 0.444. The zero-order valence-electron chi connectivity index (χ0n) is 8.05. The summed E-state index contributed by atoms with van der Waals surface area (Å²) in [6.07, 6.45) is 3.43. The molecule has 0 bridgehead atoms. The largest absolute Gasteiger partial charge is 0.362 e. The van der Waals surface area contributed by atoms with Crippen LogP contribution in [0.3, 0.4) is 0 Å². The third kappa shape index (κ3) is 2.96. The molecule has 1 fully saturated rings. The van der Waals surface area contributed by atoms with Gasteiger partial charge in [-0.05, 0) is 34.8 Å². The molecule has 0 aliphatic heterocycles. The number of hydrogen-bond acceptors (Lipinski definition) is 2. The van der Waals surface area contributed by atoms with Gasteiger partial charge >= 0.3 is 0 Å². The highest BCUT2D eigenvalue weighted by atomic mass is 79.9. The fourth-order valence-corrected chi connectivity index (χ4v) is 1.62. The van der Waals surface area contributed by atoms with Crippen LogP contribution in [0.5, 0.6) is 0 Å². The van der Waals surface area contributed by atoms with E-state index in [-0.39, 0.29) is 18.3 Å². The Morgan fingerprint density at radius 3 is 2.80 bits per heavy atom. The average Bonchev–Trinajstić information content (AvgIpc) is 2.76. The van der Waals surface area contributed by atoms with Crippen LogP contribution in [0.4, 0.5) is 0 Å². The summed E-state index contributed by atoms with van der Waals surface area (Å²) in [6, 6.07) is 1.93. The molecule has 1 aromatic rings. The molecule has 0 atom stereocenters. The average molecular weight is 295 g/mol. The first kappa shape index (κ1) is 12.5. The van der Waals surface area contributed by atoms with E-state index in [0.29, 0.717) is 6.54 Å². The number of H-pyrrole nitrogens is 1. The first-order chi connectivity index (χ1) is 6.60. The minimum absolute atomic E-state index is 0. The molecule has 2 rings (SSSR count). The van der Waals surface area contributed by atoms with Gasteiger partial charge in [0, 0.05) is 16.4 Å². The Kier molecular flexibility index (Phi) is 3.81. The van der Waals surface area contributed by atoms with Crippen molar-refractivity contribution in [3.05, 3.63) is 22.4 Å². The molecule has 1 heterocycles. The summed E-state index contributed by atoms with van der Waals surface area (Å²) < 4.78 is 0.982. The molecule has 1 amide bonds. The van der Waals surface area contributed by atoms with E-state index in [1.54, 1.807) is 0 Å². The van der Waals surface area contributed by atoms with Gasteiger partial charge in [0.15, 0.2) is 0 Å². The number of nitrogens with two attached hydrogens (primary N) is 1. The van der Waals surface area contributed by atoms with Gasteiger partial charge in [0.1, 0.15) is 0 Å². The van der Waals surface area contributed by atoms with E-state index in [2.05, 4.69) is 26.2 Å². The second-order valence-electron chi connectivity index (χ2n) is 3.68. The Morgan fingerprint density at radius 2 is 2.33 bits per heavy atom. The molecule has 4 N–H and O–H groups in total. The van der Waals surface area contributed by atoms with E-state index in [4.69, 9.17) is 5.73 Å². The predicted molar refractivity (Wildman–Crippen MR) is 63.7 cm³/mol. The molecule has 0 radical (unpaired) electrons. The van der Waals surface area contributed by atoms with Crippen molar-refractivity contribution in [3.63, 3.8) is 0 Å². The lowest BCUT2D eigenvalue weighted by atomic mass is 10.2. The van der Waals surface area contributed by atoms with Crippen LogP contribution in [0.15, 0.2) is 16.7 Å². The normalized spacial score (nSPS) is 16.7. The monoisotopic (exact) mass is 293 g/mol. The van der Waals surface area contributed by atoms with Gasteiger partial charge < -0.3 is 16.0 Å². The van der Waals surface area contributed by atoms with Gasteiger partial charge in [-0.25, -0.2) is 0 Å². The minimum Gasteiger partial charge on any atom is -0.362 e. The number of hydrogen-bond donors (Lipinski definition) is 3. The van der Waals surface area contributed by atoms with Crippen molar-refractivity contribution in [2.24, 2.45) is 5.73 Å². The first-order valence-corrected chi connectivity index (χ1v) is 5.29. The molecule has 6 heteroatoms. The number of nitrogens with one attached hydrogen (secondary N) is 2. The van der Waals surface area contributed by atoms with Crippen LogP contribution in [-0.4, -0.2) is 16.4 Å². The molecule has 0 spiro atoms. The van der Waals surface area contributed by atoms with Gasteiger partial charge in [-0.3, -0.25) is 4.79 Å². The lowest BCUT2D eigenvalue weighted by Crippen LogP contribution is -2.42. The number of carbonyl (C=O) groups is 1. The Labute approximate surface area is 103 Å². The Hall–Kier alpha value is -0.520. The lowest BCUT2D eigenvalue weighted by molar-refractivity contribution is -0.123. The van der Waals surface area contributed by atoms with Gasteiger partial charge in [0.2, 0.25) is 5.91 Å². The molecule has 1 aliphatic rings. The highest BCUT2D eigenvalue weighted by Gasteiger charge is 2.45.